The smallest absolute Gasteiger partial charge is 0.314 e. The van der Waals surface area contributed by atoms with Crippen molar-refractivity contribution in [1.82, 2.24) is 9.97 Å². The van der Waals surface area contributed by atoms with Crippen LogP contribution in [0.1, 0.15) is 6.42 Å². The van der Waals surface area contributed by atoms with Gasteiger partial charge in [0.15, 0.2) is 0 Å². The lowest BCUT2D eigenvalue weighted by molar-refractivity contribution is 0.627. The molecule has 15 heavy (non-hydrogen) atoms. The predicted molar refractivity (Wildman–Crippen MR) is 54.4 cm³/mol. The number of aromatic amines is 2. The zero-order valence-electron chi connectivity index (χ0n) is 7.40. The molecule has 2 N–H and O–H groups in total. The van der Waals surface area contributed by atoms with Gasteiger partial charge < -0.3 is 9.97 Å². The van der Waals surface area contributed by atoms with E-state index in [-0.39, 0.29) is 11.3 Å². The molecule has 0 saturated carbocycles. The van der Waals surface area contributed by atoms with Crippen LogP contribution in [0.2, 0.25) is 0 Å². The van der Waals surface area contributed by atoms with Crippen LogP contribution in [0, 0.1) is 0 Å². The van der Waals surface area contributed by atoms with Crippen molar-refractivity contribution in [2.24, 2.45) is 0 Å². The van der Waals surface area contributed by atoms with Gasteiger partial charge in [0.25, 0.3) is 0 Å². The van der Waals surface area contributed by atoms with E-state index < -0.39 is 21.4 Å². The largest absolute Gasteiger partial charge is 0.316 e. The third-order valence-electron chi connectivity index (χ3n) is 2.02. The van der Waals surface area contributed by atoms with Crippen LogP contribution in [0.4, 0.5) is 0 Å². The molecule has 1 heterocycles. The van der Waals surface area contributed by atoms with Crippen LogP contribution in [0.15, 0.2) is 9.59 Å². The molecule has 0 saturated heterocycles. The molecule has 0 spiro atoms. The molecule has 0 aliphatic heterocycles. The summed E-state index contributed by atoms with van der Waals surface area (Å²) in [6.45, 7) is 0. The Hall–Kier alpha value is -1.89. The highest BCUT2D eigenvalue weighted by Gasteiger charge is 2.03. The second-order valence-electron chi connectivity index (χ2n) is 2.99. The molecule has 1 aliphatic rings. The monoisotopic (exact) mass is 226 g/mol. The van der Waals surface area contributed by atoms with Gasteiger partial charge >= 0.3 is 11.1 Å². The maximum Gasteiger partial charge on any atom is 0.314 e. The first-order valence-corrected chi connectivity index (χ1v) is 5.15. The average molecular weight is 226 g/mol. The summed E-state index contributed by atoms with van der Waals surface area (Å²) >= 11 is 0. The lowest BCUT2D eigenvalue weighted by Gasteiger charge is -1.98. The molecule has 1 aliphatic carbocycles. The third kappa shape index (κ3) is 1.68. The van der Waals surface area contributed by atoms with Crippen LogP contribution in [0.3, 0.4) is 0 Å². The number of aromatic nitrogens is 2. The van der Waals surface area contributed by atoms with Crippen molar-refractivity contribution in [2.75, 3.05) is 0 Å². The molecule has 0 unspecified atom stereocenters. The van der Waals surface area contributed by atoms with Crippen LogP contribution < -0.4 is 21.8 Å². The van der Waals surface area contributed by atoms with E-state index in [1.807, 2.05) is 0 Å². The van der Waals surface area contributed by atoms with E-state index in [9.17, 15) is 18.0 Å². The van der Waals surface area contributed by atoms with Gasteiger partial charge in [-0.3, -0.25) is 9.59 Å². The van der Waals surface area contributed by atoms with Crippen LogP contribution in [-0.2, 0) is 10.3 Å². The van der Waals surface area contributed by atoms with E-state index >= 15 is 0 Å². The quantitative estimate of drug-likeness (QED) is 0.365. The number of hydrogen-bond acceptors (Lipinski definition) is 4. The van der Waals surface area contributed by atoms with Gasteiger partial charge in [-0.05, 0) is 6.08 Å². The van der Waals surface area contributed by atoms with E-state index in [2.05, 4.69) is 9.97 Å². The minimum atomic E-state index is -2.31. The molecule has 0 radical (unpaired) electrons. The zero-order chi connectivity index (χ0) is 11.0. The van der Waals surface area contributed by atoms with E-state index in [0.717, 1.165) is 0 Å². The Bertz CT molecular complexity index is 771. The molecule has 0 bridgehead atoms. The van der Waals surface area contributed by atoms with Crippen molar-refractivity contribution in [3.05, 3.63) is 31.4 Å². The fraction of sp³-hybridized carbons (Fsp3) is 0.125. The van der Waals surface area contributed by atoms with Gasteiger partial charge in [0, 0.05) is 6.42 Å². The summed E-state index contributed by atoms with van der Waals surface area (Å²) in [7, 11) is -2.31. The molecular weight excluding hydrogens is 220 g/mol. The minimum absolute atomic E-state index is 0.171. The highest BCUT2D eigenvalue weighted by Crippen LogP contribution is 1.89. The molecule has 6 nitrogen and oxygen atoms in total. The summed E-state index contributed by atoms with van der Waals surface area (Å²) in [5.41, 5.74) is -1.54. The van der Waals surface area contributed by atoms with E-state index in [0.29, 0.717) is 10.7 Å². The van der Waals surface area contributed by atoms with Gasteiger partial charge in [0.1, 0.15) is 0 Å². The van der Waals surface area contributed by atoms with Gasteiger partial charge in [-0.2, -0.15) is 8.42 Å². The number of hydrogen-bond donors (Lipinski definition) is 2. The molecule has 0 amide bonds. The molecule has 0 fully saturated rings. The standard InChI is InChI=1S/C8H6N2O4S/c11-7-8(12)10-6-3-4(15(13)14)1-2-5(6)9-7/h2-3H,1H2,(H,9,11)(H,10,12). The summed E-state index contributed by atoms with van der Waals surface area (Å²) in [4.78, 5) is 26.7. The van der Waals surface area contributed by atoms with Crippen molar-refractivity contribution in [1.29, 1.82) is 0 Å². The van der Waals surface area contributed by atoms with E-state index in [1.165, 1.54) is 12.2 Å². The average Bonchev–Trinajstić information content (AvgIpc) is 2.19. The van der Waals surface area contributed by atoms with Crippen molar-refractivity contribution in [3.63, 3.8) is 0 Å². The fourth-order valence-electron chi connectivity index (χ4n) is 1.31. The Morgan fingerprint density at radius 2 is 1.67 bits per heavy atom. The summed E-state index contributed by atoms with van der Waals surface area (Å²) < 4.78 is 21.3. The van der Waals surface area contributed by atoms with Crippen molar-refractivity contribution < 1.29 is 8.42 Å². The molecule has 78 valence electrons. The van der Waals surface area contributed by atoms with Crippen LogP contribution in [0.25, 0.3) is 12.2 Å². The molecular formula is C8H6N2O4S. The molecule has 1 aromatic rings. The van der Waals surface area contributed by atoms with Crippen molar-refractivity contribution in [2.45, 2.75) is 6.42 Å². The minimum Gasteiger partial charge on any atom is -0.316 e. The van der Waals surface area contributed by atoms with E-state index in [1.54, 1.807) is 0 Å². The first-order valence-electron chi connectivity index (χ1n) is 4.07. The number of rotatable bonds is 0. The van der Waals surface area contributed by atoms with Crippen LogP contribution >= 0.6 is 0 Å². The summed E-state index contributed by atoms with van der Waals surface area (Å²) in [5.74, 6) is 0. The second-order valence-corrected chi connectivity index (χ2v) is 3.98. The van der Waals surface area contributed by atoms with Gasteiger partial charge in [-0.1, -0.05) is 6.08 Å². The van der Waals surface area contributed by atoms with Crippen LogP contribution in [-0.4, -0.2) is 23.3 Å². The highest BCUT2D eigenvalue weighted by atomic mass is 32.2. The zero-order valence-corrected chi connectivity index (χ0v) is 8.22. The van der Waals surface area contributed by atoms with E-state index in [4.69, 9.17) is 0 Å². The number of H-pyrrole nitrogens is 2. The topological polar surface area (TPSA) is 99.9 Å². The fourth-order valence-corrected chi connectivity index (χ4v) is 1.74. The Kier molecular flexibility index (Phi) is 2.16. The number of nitrogens with one attached hydrogen (secondary N) is 2. The Morgan fingerprint density at radius 1 is 1.07 bits per heavy atom. The summed E-state index contributed by atoms with van der Waals surface area (Å²) in [6.07, 6.45) is 3.08. The lowest BCUT2D eigenvalue weighted by Crippen LogP contribution is -2.48. The summed E-state index contributed by atoms with van der Waals surface area (Å²) in [6, 6.07) is 0. The lowest BCUT2D eigenvalue weighted by atomic mass is 10.2. The molecule has 0 atom stereocenters. The molecule has 1 aromatic heterocycles. The molecule has 0 aromatic carbocycles. The second kappa shape index (κ2) is 3.35. The molecule has 7 heteroatoms. The van der Waals surface area contributed by atoms with Gasteiger partial charge in [-0.25, -0.2) is 0 Å². The predicted octanol–water partition coefficient (Wildman–Crippen LogP) is -2.92. The van der Waals surface area contributed by atoms with Gasteiger partial charge in [-0.15, -0.1) is 0 Å². The van der Waals surface area contributed by atoms with Gasteiger partial charge in [0.05, 0.1) is 15.6 Å². The maximum absolute atomic E-state index is 11.0. The SMILES string of the molecule is O=c1[nH]c2c([nH]c1=O)=CC(=S(=O)=O)CC=2. The highest BCUT2D eigenvalue weighted by molar-refractivity contribution is 7.73. The first kappa shape index (κ1) is 9.66. The molecule has 2 rings (SSSR count). The van der Waals surface area contributed by atoms with Crippen molar-refractivity contribution >= 4 is 27.3 Å². The Labute approximate surface area is 84.1 Å². The number of fused-ring (bicyclic) bond motifs is 1. The Balaban J connectivity index is 2.97. The normalized spacial score (nSPS) is 13.7. The maximum atomic E-state index is 11.0. The van der Waals surface area contributed by atoms with Gasteiger partial charge in [0.2, 0.25) is 10.3 Å². The Morgan fingerprint density at radius 3 is 2.27 bits per heavy atom. The van der Waals surface area contributed by atoms with Crippen LogP contribution in [0.5, 0.6) is 0 Å². The van der Waals surface area contributed by atoms with Crippen molar-refractivity contribution in [3.8, 4) is 0 Å². The first-order chi connectivity index (χ1) is 7.08. The summed E-state index contributed by atoms with van der Waals surface area (Å²) in [5, 5.41) is 0.749. The third-order valence-corrected chi connectivity index (χ3v) is 2.73.